The van der Waals surface area contributed by atoms with Gasteiger partial charge in [0.2, 0.25) is 5.91 Å². The molecule has 1 aromatic rings. The van der Waals surface area contributed by atoms with Crippen LogP contribution in [-0.4, -0.2) is 48.9 Å². The molecule has 0 spiro atoms. The summed E-state index contributed by atoms with van der Waals surface area (Å²) < 4.78 is 0. The number of hydrogen-bond acceptors (Lipinski definition) is 4. The number of nitrogens with zero attached hydrogens (tertiary/aromatic N) is 2. The summed E-state index contributed by atoms with van der Waals surface area (Å²) in [5, 5.41) is 0. The van der Waals surface area contributed by atoms with Crippen LogP contribution in [0.4, 0.5) is 0 Å². The number of thiophene rings is 1. The van der Waals surface area contributed by atoms with E-state index in [-0.39, 0.29) is 5.91 Å². The Labute approximate surface area is 111 Å². The summed E-state index contributed by atoms with van der Waals surface area (Å²) in [6.45, 7) is 3.47. The van der Waals surface area contributed by atoms with E-state index in [0.717, 1.165) is 24.5 Å². The third kappa shape index (κ3) is 3.33. The number of nitrogens with two attached hydrogens (primary N) is 1. The highest BCUT2D eigenvalue weighted by atomic mass is 32.1. The van der Waals surface area contributed by atoms with Crippen molar-refractivity contribution in [2.24, 2.45) is 5.73 Å². The van der Waals surface area contributed by atoms with Crippen molar-refractivity contribution in [3.8, 4) is 11.8 Å². The molecule has 1 amide bonds. The number of rotatable bonds is 2. The van der Waals surface area contributed by atoms with Crippen LogP contribution in [0, 0.1) is 11.8 Å². The summed E-state index contributed by atoms with van der Waals surface area (Å²) in [6.07, 6.45) is 0. The minimum absolute atomic E-state index is 0.195. The fourth-order valence-corrected chi connectivity index (χ4v) is 2.76. The molecule has 0 bridgehead atoms. The predicted molar refractivity (Wildman–Crippen MR) is 73.2 cm³/mol. The number of carbonyl (C=O) groups excluding carboxylic acids is 1. The van der Waals surface area contributed by atoms with Crippen LogP contribution in [0.25, 0.3) is 0 Å². The van der Waals surface area contributed by atoms with Crippen LogP contribution < -0.4 is 5.73 Å². The molecular formula is C13H17N3OS. The molecule has 1 aliphatic rings. The number of piperazine rings is 1. The second-order valence-electron chi connectivity index (χ2n) is 4.30. The van der Waals surface area contributed by atoms with Crippen LogP contribution in [0.1, 0.15) is 9.75 Å². The van der Waals surface area contributed by atoms with Crippen molar-refractivity contribution in [1.29, 1.82) is 0 Å². The van der Waals surface area contributed by atoms with Crippen molar-refractivity contribution >= 4 is 17.2 Å². The molecule has 0 unspecified atom stereocenters. The van der Waals surface area contributed by atoms with E-state index >= 15 is 0 Å². The van der Waals surface area contributed by atoms with Crippen LogP contribution in [0.15, 0.2) is 12.1 Å². The van der Waals surface area contributed by atoms with Crippen LogP contribution >= 0.6 is 11.3 Å². The van der Waals surface area contributed by atoms with Crippen molar-refractivity contribution in [2.75, 3.05) is 33.2 Å². The van der Waals surface area contributed by atoms with Gasteiger partial charge in [0.15, 0.2) is 0 Å². The highest BCUT2D eigenvalue weighted by Gasteiger charge is 2.21. The van der Waals surface area contributed by atoms with Gasteiger partial charge in [-0.2, -0.15) is 0 Å². The molecule has 5 heteroatoms. The van der Waals surface area contributed by atoms with Gasteiger partial charge in [-0.1, -0.05) is 11.8 Å². The van der Waals surface area contributed by atoms with Gasteiger partial charge in [0.1, 0.15) is 0 Å². The second-order valence-corrected chi connectivity index (χ2v) is 5.47. The maximum Gasteiger partial charge on any atom is 0.236 e. The molecule has 0 aliphatic carbocycles. The second kappa shape index (κ2) is 6.01. The van der Waals surface area contributed by atoms with Gasteiger partial charge < -0.3 is 10.6 Å². The lowest BCUT2D eigenvalue weighted by Crippen LogP contribution is -2.47. The van der Waals surface area contributed by atoms with E-state index in [9.17, 15) is 4.79 Å². The van der Waals surface area contributed by atoms with Gasteiger partial charge in [0.25, 0.3) is 0 Å². The van der Waals surface area contributed by atoms with E-state index in [1.54, 1.807) is 16.2 Å². The minimum Gasteiger partial charge on any atom is -0.343 e. The highest BCUT2D eigenvalue weighted by molar-refractivity contribution is 7.12. The standard InChI is InChI=1S/C13H17N3OS/c1-15-7-8-16(10-13(15)17)9-12-5-4-11(18-12)3-2-6-14/h4-5H,6-10,14H2,1H3. The van der Waals surface area contributed by atoms with Crippen molar-refractivity contribution in [3.63, 3.8) is 0 Å². The first kappa shape index (κ1) is 13.1. The van der Waals surface area contributed by atoms with E-state index in [1.807, 2.05) is 13.1 Å². The number of amides is 1. The fourth-order valence-electron chi connectivity index (χ4n) is 1.83. The lowest BCUT2D eigenvalue weighted by Gasteiger charge is -2.31. The molecule has 0 aromatic carbocycles. The molecule has 0 saturated carbocycles. The zero-order valence-corrected chi connectivity index (χ0v) is 11.3. The van der Waals surface area contributed by atoms with Gasteiger partial charge in [-0.15, -0.1) is 11.3 Å². The largest absolute Gasteiger partial charge is 0.343 e. The Kier molecular flexibility index (Phi) is 4.37. The van der Waals surface area contributed by atoms with E-state index in [1.165, 1.54) is 4.88 Å². The molecule has 1 aliphatic heterocycles. The first-order valence-corrected chi connectivity index (χ1v) is 6.74. The summed E-state index contributed by atoms with van der Waals surface area (Å²) in [7, 11) is 1.85. The van der Waals surface area contributed by atoms with E-state index < -0.39 is 0 Å². The number of carbonyl (C=O) groups is 1. The molecule has 18 heavy (non-hydrogen) atoms. The van der Waals surface area contributed by atoms with Gasteiger partial charge >= 0.3 is 0 Å². The third-order valence-electron chi connectivity index (χ3n) is 2.89. The Balaban J connectivity index is 1.93. The first-order valence-electron chi connectivity index (χ1n) is 5.93. The Bertz CT molecular complexity index is 486. The van der Waals surface area contributed by atoms with Crippen molar-refractivity contribution < 1.29 is 4.79 Å². The average Bonchev–Trinajstić information content (AvgIpc) is 2.79. The van der Waals surface area contributed by atoms with Crippen LogP contribution in [-0.2, 0) is 11.3 Å². The Morgan fingerprint density at radius 1 is 1.44 bits per heavy atom. The van der Waals surface area contributed by atoms with Gasteiger partial charge in [-0.05, 0) is 12.1 Å². The number of likely N-dealkylation sites (N-methyl/N-ethyl adjacent to an activating group) is 1. The molecule has 2 rings (SSSR count). The molecular weight excluding hydrogens is 246 g/mol. The topological polar surface area (TPSA) is 49.6 Å². The van der Waals surface area contributed by atoms with Crippen molar-refractivity contribution in [2.45, 2.75) is 6.54 Å². The minimum atomic E-state index is 0.195. The molecule has 4 nitrogen and oxygen atoms in total. The molecule has 1 saturated heterocycles. The molecule has 0 atom stereocenters. The summed E-state index contributed by atoms with van der Waals surface area (Å²) >= 11 is 1.67. The van der Waals surface area contributed by atoms with Crippen LogP contribution in [0.2, 0.25) is 0 Å². The van der Waals surface area contributed by atoms with E-state index in [2.05, 4.69) is 22.8 Å². The maximum absolute atomic E-state index is 11.6. The monoisotopic (exact) mass is 263 g/mol. The normalized spacial score (nSPS) is 16.6. The van der Waals surface area contributed by atoms with Gasteiger partial charge in [-0.3, -0.25) is 9.69 Å². The maximum atomic E-state index is 11.6. The molecule has 1 aromatic heterocycles. The molecule has 1 fully saturated rings. The van der Waals surface area contributed by atoms with Gasteiger partial charge in [-0.25, -0.2) is 0 Å². The Hall–Kier alpha value is -1.35. The lowest BCUT2D eigenvalue weighted by molar-refractivity contribution is -0.134. The summed E-state index contributed by atoms with van der Waals surface area (Å²) in [5.41, 5.74) is 5.34. The van der Waals surface area contributed by atoms with Gasteiger partial charge in [0, 0.05) is 31.6 Å². The SMILES string of the molecule is CN1CCN(Cc2ccc(C#CCN)s2)CC1=O. The fraction of sp³-hybridized carbons (Fsp3) is 0.462. The molecule has 2 heterocycles. The van der Waals surface area contributed by atoms with Crippen molar-refractivity contribution in [3.05, 3.63) is 21.9 Å². The summed E-state index contributed by atoms with van der Waals surface area (Å²) in [5.74, 6) is 6.07. The van der Waals surface area contributed by atoms with E-state index in [0.29, 0.717) is 13.1 Å². The summed E-state index contributed by atoms with van der Waals surface area (Å²) in [6, 6.07) is 4.09. The zero-order chi connectivity index (χ0) is 13.0. The Morgan fingerprint density at radius 2 is 2.28 bits per heavy atom. The molecule has 2 N–H and O–H groups in total. The van der Waals surface area contributed by atoms with Crippen molar-refractivity contribution in [1.82, 2.24) is 9.80 Å². The molecule has 0 radical (unpaired) electrons. The van der Waals surface area contributed by atoms with Gasteiger partial charge in [0.05, 0.1) is 18.0 Å². The quantitative estimate of drug-likeness (QED) is 0.783. The predicted octanol–water partition coefficient (Wildman–Crippen LogP) is 0.332. The third-order valence-corrected chi connectivity index (χ3v) is 3.88. The first-order chi connectivity index (χ1) is 8.69. The zero-order valence-electron chi connectivity index (χ0n) is 10.5. The number of hydrogen-bond donors (Lipinski definition) is 1. The van der Waals surface area contributed by atoms with Crippen LogP contribution in [0.5, 0.6) is 0 Å². The smallest absolute Gasteiger partial charge is 0.236 e. The van der Waals surface area contributed by atoms with E-state index in [4.69, 9.17) is 5.73 Å². The highest BCUT2D eigenvalue weighted by Crippen LogP contribution is 2.18. The average molecular weight is 263 g/mol. The molecule has 96 valence electrons. The summed E-state index contributed by atoms with van der Waals surface area (Å²) in [4.78, 5) is 17.8. The lowest BCUT2D eigenvalue weighted by atomic mass is 10.3. The Morgan fingerprint density at radius 3 is 3.00 bits per heavy atom. The van der Waals surface area contributed by atoms with Crippen LogP contribution in [0.3, 0.4) is 0 Å².